The van der Waals surface area contributed by atoms with Crippen molar-refractivity contribution >= 4 is 0 Å². The lowest BCUT2D eigenvalue weighted by Crippen LogP contribution is -2.39. The van der Waals surface area contributed by atoms with Crippen molar-refractivity contribution in [3.05, 3.63) is 0 Å². The number of rotatable bonds is 6. The van der Waals surface area contributed by atoms with Gasteiger partial charge in [-0.25, -0.2) is 0 Å². The second-order valence-electron chi connectivity index (χ2n) is 4.67. The summed E-state index contributed by atoms with van der Waals surface area (Å²) in [5.41, 5.74) is 0. The summed E-state index contributed by atoms with van der Waals surface area (Å²) in [6.45, 7) is 5.45. The zero-order valence-corrected chi connectivity index (χ0v) is 10.5. The Morgan fingerprint density at radius 2 is 2.27 bits per heavy atom. The van der Waals surface area contributed by atoms with Crippen LogP contribution >= 0.6 is 0 Å². The molecule has 0 amide bonds. The molecule has 0 spiro atoms. The molecule has 15 heavy (non-hydrogen) atoms. The van der Waals surface area contributed by atoms with Gasteiger partial charge in [-0.15, -0.1) is 0 Å². The molecule has 0 aromatic heterocycles. The summed E-state index contributed by atoms with van der Waals surface area (Å²) in [6, 6.07) is 0.795. The van der Waals surface area contributed by atoms with E-state index in [4.69, 9.17) is 4.74 Å². The average Bonchev–Trinajstić information content (AvgIpc) is 2.26. The SMILES string of the molecule is COC(C)CNCCC1CCCCN1C. The quantitative estimate of drug-likeness (QED) is 0.678. The number of hydrogen-bond donors (Lipinski definition) is 1. The molecule has 90 valence electrons. The van der Waals surface area contributed by atoms with E-state index >= 15 is 0 Å². The summed E-state index contributed by atoms with van der Waals surface area (Å²) in [5, 5.41) is 3.45. The molecule has 1 fully saturated rings. The molecule has 1 saturated heterocycles. The van der Waals surface area contributed by atoms with Crippen LogP contribution in [-0.4, -0.2) is 50.8 Å². The number of ether oxygens (including phenoxy) is 1. The van der Waals surface area contributed by atoms with Crippen LogP contribution in [0.1, 0.15) is 32.6 Å². The van der Waals surface area contributed by atoms with Gasteiger partial charge in [0.1, 0.15) is 0 Å². The molecule has 0 aromatic carbocycles. The Balaban J connectivity index is 2.03. The normalized spacial score (nSPS) is 25.4. The predicted molar refractivity (Wildman–Crippen MR) is 64.2 cm³/mol. The fourth-order valence-corrected chi connectivity index (χ4v) is 2.17. The van der Waals surface area contributed by atoms with E-state index in [0.29, 0.717) is 6.10 Å². The summed E-state index contributed by atoms with van der Waals surface area (Å²) >= 11 is 0. The standard InChI is InChI=1S/C12H26N2O/c1-11(15-3)10-13-8-7-12-6-4-5-9-14(12)2/h11-13H,4-10H2,1-3H3. The van der Waals surface area contributed by atoms with Gasteiger partial charge in [0.2, 0.25) is 0 Å². The fourth-order valence-electron chi connectivity index (χ4n) is 2.17. The lowest BCUT2D eigenvalue weighted by atomic mass is 10.0. The third-order valence-corrected chi connectivity index (χ3v) is 3.41. The van der Waals surface area contributed by atoms with Crippen LogP contribution in [0.4, 0.5) is 0 Å². The smallest absolute Gasteiger partial charge is 0.0667 e. The minimum atomic E-state index is 0.328. The maximum absolute atomic E-state index is 5.19. The van der Waals surface area contributed by atoms with Gasteiger partial charge >= 0.3 is 0 Å². The average molecular weight is 214 g/mol. The van der Waals surface area contributed by atoms with E-state index in [1.807, 2.05) is 0 Å². The van der Waals surface area contributed by atoms with Crippen LogP contribution in [0, 0.1) is 0 Å². The summed E-state index contributed by atoms with van der Waals surface area (Å²) in [5.74, 6) is 0. The van der Waals surface area contributed by atoms with Crippen LogP contribution in [0.5, 0.6) is 0 Å². The van der Waals surface area contributed by atoms with Gasteiger partial charge < -0.3 is 15.0 Å². The van der Waals surface area contributed by atoms with Gasteiger partial charge in [-0.1, -0.05) is 6.42 Å². The first-order valence-corrected chi connectivity index (χ1v) is 6.17. The Morgan fingerprint density at radius 3 is 2.93 bits per heavy atom. The molecule has 3 heteroatoms. The number of nitrogens with one attached hydrogen (secondary N) is 1. The minimum absolute atomic E-state index is 0.328. The highest BCUT2D eigenvalue weighted by atomic mass is 16.5. The highest BCUT2D eigenvalue weighted by Crippen LogP contribution is 2.16. The molecule has 0 radical (unpaired) electrons. The minimum Gasteiger partial charge on any atom is -0.380 e. The van der Waals surface area contributed by atoms with Crippen LogP contribution in [0.3, 0.4) is 0 Å². The van der Waals surface area contributed by atoms with E-state index in [9.17, 15) is 0 Å². The van der Waals surface area contributed by atoms with Gasteiger partial charge in [0.25, 0.3) is 0 Å². The molecule has 1 aliphatic heterocycles. The first-order chi connectivity index (χ1) is 7.24. The first kappa shape index (κ1) is 12.9. The summed E-state index contributed by atoms with van der Waals surface area (Å²) in [6.07, 6.45) is 5.75. The molecule has 0 bridgehead atoms. The highest BCUT2D eigenvalue weighted by molar-refractivity contribution is 4.74. The molecule has 1 N–H and O–H groups in total. The van der Waals surface area contributed by atoms with Crippen molar-refractivity contribution in [2.45, 2.75) is 44.8 Å². The Kier molecular flexibility index (Phi) is 6.22. The van der Waals surface area contributed by atoms with Gasteiger partial charge in [0.05, 0.1) is 6.10 Å². The maximum atomic E-state index is 5.19. The van der Waals surface area contributed by atoms with Crippen molar-refractivity contribution in [3.63, 3.8) is 0 Å². The van der Waals surface area contributed by atoms with Gasteiger partial charge in [-0.2, -0.15) is 0 Å². The molecule has 3 nitrogen and oxygen atoms in total. The van der Waals surface area contributed by atoms with Crippen LogP contribution in [-0.2, 0) is 4.74 Å². The van der Waals surface area contributed by atoms with Gasteiger partial charge in [-0.05, 0) is 46.3 Å². The molecular weight excluding hydrogens is 188 g/mol. The lowest BCUT2D eigenvalue weighted by molar-refractivity contribution is 0.115. The monoisotopic (exact) mass is 214 g/mol. The molecule has 2 unspecified atom stereocenters. The molecule has 2 atom stereocenters. The Bertz CT molecular complexity index is 164. The summed E-state index contributed by atoms with van der Waals surface area (Å²) in [4.78, 5) is 2.50. The van der Waals surface area contributed by atoms with Crippen LogP contribution in [0.25, 0.3) is 0 Å². The van der Waals surface area contributed by atoms with Crippen molar-refractivity contribution in [1.82, 2.24) is 10.2 Å². The third kappa shape index (κ3) is 4.96. The molecule has 1 rings (SSSR count). The van der Waals surface area contributed by atoms with E-state index in [1.54, 1.807) is 7.11 Å². The molecule has 1 aliphatic rings. The molecular formula is C12H26N2O. The van der Waals surface area contributed by atoms with Crippen molar-refractivity contribution in [1.29, 1.82) is 0 Å². The topological polar surface area (TPSA) is 24.5 Å². The zero-order valence-electron chi connectivity index (χ0n) is 10.5. The first-order valence-electron chi connectivity index (χ1n) is 6.17. The van der Waals surface area contributed by atoms with Crippen molar-refractivity contribution in [2.75, 3.05) is 33.8 Å². The van der Waals surface area contributed by atoms with Crippen LogP contribution < -0.4 is 5.32 Å². The van der Waals surface area contributed by atoms with Crippen molar-refractivity contribution < 1.29 is 4.74 Å². The largest absolute Gasteiger partial charge is 0.380 e. The molecule has 0 saturated carbocycles. The van der Waals surface area contributed by atoms with Gasteiger partial charge in [0.15, 0.2) is 0 Å². The molecule has 0 aliphatic carbocycles. The summed E-state index contributed by atoms with van der Waals surface area (Å²) in [7, 11) is 4.02. The second kappa shape index (κ2) is 7.20. The number of nitrogens with zero attached hydrogens (tertiary/aromatic N) is 1. The number of likely N-dealkylation sites (tertiary alicyclic amines) is 1. The Morgan fingerprint density at radius 1 is 1.47 bits per heavy atom. The Hall–Kier alpha value is -0.120. The number of methoxy groups -OCH3 is 1. The highest BCUT2D eigenvalue weighted by Gasteiger charge is 2.17. The Labute approximate surface area is 94.2 Å². The second-order valence-corrected chi connectivity index (χ2v) is 4.67. The van der Waals surface area contributed by atoms with E-state index in [1.165, 1.54) is 32.2 Å². The third-order valence-electron chi connectivity index (χ3n) is 3.41. The van der Waals surface area contributed by atoms with E-state index in [2.05, 4.69) is 24.2 Å². The zero-order chi connectivity index (χ0) is 11.1. The predicted octanol–water partition coefficient (Wildman–Crippen LogP) is 1.49. The van der Waals surface area contributed by atoms with Crippen LogP contribution in [0.15, 0.2) is 0 Å². The lowest BCUT2D eigenvalue weighted by Gasteiger charge is -2.32. The molecule has 0 aromatic rings. The van der Waals surface area contributed by atoms with E-state index in [-0.39, 0.29) is 0 Å². The van der Waals surface area contributed by atoms with Crippen molar-refractivity contribution in [3.8, 4) is 0 Å². The number of piperidine rings is 1. The van der Waals surface area contributed by atoms with Crippen LogP contribution in [0.2, 0.25) is 0 Å². The van der Waals surface area contributed by atoms with E-state index in [0.717, 1.165) is 19.1 Å². The maximum Gasteiger partial charge on any atom is 0.0667 e. The van der Waals surface area contributed by atoms with Gasteiger partial charge in [-0.3, -0.25) is 0 Å². The fraction of sp³-hybridized carbons (Fsp3) is 1.00. The van der Waals surface area contributed by atoms with E-state index < -0.39 is 0 Å². The molecule has 1 heterocycles. The van der Waals surface area contributed by atoms with Crippen molar-refractivity contribution in [2.24, 2.45) is 0 Å². The summed E-state index contributed by atoms with van der Waals surface area (Å²) < 4.78 is 5.19. The number of hydrogen-bond acceptors (Lipinski definition) is 3. The van der Waals surface area contributed by atoms with Gasteiger partial charge in [0, 0.05) is 19.7 Å².